The molecular weight excluding hydrogens is 355 g/mol. The number of hydrogen-bond donors (Lipinski definition) is 1. The van der Waals surface area contributed by atoms with E-state index in [0.717, 1.165) is 62.8 Å². The van der Waals surface area contributed by atoms with E-state index in [9.17, 15) is 4.39 Å². The lowest BCUT2D eigenvalue weighted by atomic mass is 10.2. The van der Waals surface area contributed by atoms with Crippen molar-refractivity contribution in [3.63, 3.8) is 0 Å². The van der Waals surface area contributed by atoms with Crippen LogP contribution in [0.1, 0.15) is 11.1 Å². The van der Waals surface area contributed by atoms with Gasteiger partial charge in [0.25, 0.3) is 0 Å². The third-order valence-corrected chi connectivity index (χ3v) is 4.70. The van der Waals surface area contributed by atoms with Crippen LogP contribution in [0, 0.1) is 5.82 Å². The zero-order valence-corrected chi connectivity index (χ0v) is 15.5. The second-order valence-corrected chi connectivity index (χ2v) is 6.71. The van der Waals surface area contributed by atoms with E-state index in [1.54, 1.807) is 6.07 Å². The van der Waals surface area contributed by atoms with Gasteiger partial charge in [0, 0.05) is 38.3 Å². The average molecular weight is 379 g/mol. The molecule has 0 saturated carbocycles. The lowest BCUT2D eigenvalue weighted by Gasteiger charge is -2.26. The molecule has 1 N–H and O–H groups in total. The Morgan fingerprint density at radius 1 is 1.15 bits per heavy atom. The summed E-state index contributed by atoms with van der Waals surface area (Å²) in [6.45, 7) is 6.76. The van der Waals surface area contributed by atoms with E-state index in [1.165, 1.54) is 12.1 Å². The summed E-state index contributed by atoms with van der Waals surface area (Å²) in [7, 11) is 0. The van der Waals surface area contributed by atoms with E-state index in [0.29, 0.717) is 11.6 Å². The lowest BCUT2D eigenvalue weighted by Crippen LogP contribution is -2.40. The van der Waals surface area contributed by atoms with E-state index in [2.05, 4.69) is 16.3 Å². The van der Waals surface area contributed by atoms with Crippen molar-refractivity contribution in [2.45, 2.75) is 13.2 Å². The minimum absolute atomic E-state index is 0.313. The fourth-order valence-corrected chi connectivity index (χ4v) is 3.06. The highest BCUT2D eigenvalue weighted by Crippen LogP contribution is 2.20. The summed E-state index contributed by atoms with van der Waals surface area (Å²) < 4.78 is 24.2. The Bertz CT molecular complexity index is 708. The molecule has 4 nitrogen and oxygen atoms in total. The first-order chi connectivity index (χ1) is 12.7. The Hall–Kier alpha value is -1.66. The summed E-state index contributed by atoms with van der Waals surface area (Å²) in [4.78, 5) is 2.41. The lowest BCUT2D eigenvalue weighted by molar-refractivity contribution is 0.0384. The zero-order chi connectivity index (χ0) is 18.2. The molecule has 0 atom stereocenters. The first kappa shape index (κ1) is 19.1. The van der Waals surface area contributed by atoms with E-state index in [1.807, 2.05) is 18.2 Å². The highest BCUT2D eigenvalue weighted by atomic mass is 35.5. The van der Waals surface area contributed by atoms with Gasteiger partial charge < -0.3 is 14.8 Å². The first-order valence-electron chi connectivity index (χ1n) is 8.87. The maximum Gasteiger partial charge on any atom is 0.124 e. The quantitative estimate of drug-likeness (QED) is 0.713. The molecule has 0 bridgehead atoms. The number of nitrogens with one attached hydrogen (secondary N) is 1. The van der Waals surface area contributed by atoms with Crippen LogP contribution in [0.4, 0.5) is 4.39 Å². The predicted molar refractivity (Wildman–Crippen MR) is 101 cm³/mol. The second-order valence-electron chi connectivity index (χ2n) is 6.30. The Morgan fingerprint density at radius 2 is 2.00 bits per heavy atom. The molecule has 1 fully saturated rings. The summed E-state index contributed by atoms with van der Waals surface area (Å²) in [6, 6.07) is 12.3. The number of benzene rings is 2. The highest BCUT2D eigenvalue weighted by Gasteiger charge is 2.09. The molecule has 2 aromatic carbocycles. The van der Waals surface area contributed by atoms with Gasteiger partial charge >= 0.3 is 0 Å². The summed E-state index contributed by atoms with van der Waals surface area (Å²) in [5, 5.41) is 3.85. The van der Waals surface area contributed by atoms with Crippen molar-refractivity contribution in [2.75, 3.05) is 39.4 Å². The average Bonchev–Trinajstić information content (AvgIpc) is 2.66. The number of morpholine rings is 1. The molecule has 0 amide bonds. The summed E-state index contributed by atoms with van der Waals surface area (Å²) >= 11 is 6.03. The van der Waals surface area contributed by atoms with Gasteiger partial charge in [0.15, 0.2) is 0 Å². The Labute approximate surface area is 158 Å². The van der Waals surface area contributed by atoms with E-state index in [4.69, 9.17) is 21.1 Å². The minimum atomic E-state index is -0.344. The largest absolute Gasteiger partial charge is 0.489 e. The standard InChI is InChI=1S/C20H24ClFN2O2/c21-20-13-18(22)5-4-17(20)15-26-19-3-1-2-16(12-19)14-23-6-7-24-8-10-25-11-9-24/h1-5,12-13,23H,6-11,14-15H2. The van der Waals surface area contributed by atoms with Crippen LogP contribution in [0.2, 0.25) is 5.02 Å². The Kier molecular flexibility index (Phi) is 7.26. The van der Waals surface area contributed by atoms with Gasteiger partial charge in [-0.3, -0.25) is 4.90 Å². The van der Waals surface area contributed by atoms with Crippen LogP contribution < -0.4 is 10.1 Å². The molecule has 0 unspecified atom stereocenters. The van der Waals surface area contributed by atoms with E-state index >= 15 is 0 Å². The molecule has 0 spiro atoms. The number of ether oxygens (including phenoxy) is 2. The number of hydrogen-bond acceptors (Lipinski definition) is 4. The molecule has 140 valence electrons. The molecule has 6 heteroatoms. The maximum atomic E-state index is 13.1. The van der Waals surface area contributed by atoms with Gasteiger partial charge in [0.2, 0.25) is 0 Å². The molecule has 0 aromatic heterocycles. The highest BCUT2D eigenvalue weighted by molar-refractivity contribution is 6.31. The molecule has 0 aliphatic carbocycles. The Balaban J connectivity index is 1.43. The molecule has 0 radical (unpaired) electrons. The van der Waals surface area contributed by atoms with Gasteiger partial charge in [-0.1, -0.05) is 29.8 Å². The van der Waals surface area contributed by atoms with E-state index in [-0.39, 0.29) is 5.82 Å². The summed E-state index contributed by atoms with van der Waals surface area (Å²) in [5.74, 6) is 0.432. The van der Waals surface area contributed by atoms with Crippen molar-refractivity contribution < 1.29 is 13.9 Å². The third-order valence-electron chi connectivity index (χ3n) is 4.35. The van der Waals surface area contributed by atoms with Crippen molar-refractivity contribution in [1.82, 2.24) is 10.2 Å². The van der Waals surface area contributed by atoms with Gasteiger partial charge in [-0.05, 0) is 29.8 Å². The fraction of sp³-hybridized carbons (Fsp3) is 0.400. The fourth-order valence-electron chi connectivity index (χ4n) is 2.84. The number of halogens is 2. The van der Waals surface area contributed by atoms with Crippen molar-refractivity contribution >= 4 is 11.6 Å². The SMILES string of the molecule is Fc1ccc(COc2cccc(CNCCN3CCOCC3)c2)c(Cl)c1. The molecule has 1 aliphatic heterocycles. The maximum absolute atomic E-state index is 13.1. The predicted octanol–water partition coefficient (Wildman–Crippen LogP) is 3.48. The van der Waals surface area contributed by atoms with Crippen LogP contribution in [-0.2, 0) is 17.9 Å². The van der Waals surface area contributed by atoms with Crippen LogP contribution in [0.15, 0.2) is 42.5 Å². The van der Waals surface area contributed by atoms with Gasteiger partial charge in [-0.2, -0.15) is 0 Å². The first-order valence-corrected chi connectivity index (χ1v) is 9.25. The van der Waals surface area contributed by atoms with Crippen molar-refractivity contribution in [2.24, 2.45) is 0 Å². The topological polar surface area (TPSA) is 33.7 Å². The Morgan fingerprint density at radius 3 is 2.81 bits per heavy atom. The van der Waals surface area contributed by atoms with Crippen molar-refractivity contribution in [1.29, 1.82) is 0 Å². The normalized spacial score (nSPS) is 15.2. The van der Waals surface area contributed by atoms with Crippen LogP contribution in [0.5, 0.6) is 5.75 Å². The molecule has 1 saturated heterocycles. The third kappa shape index (κ3) is 5.95. The van der Waals surface area contributed by atoms with Crippen LogP contribution in [0.25, 0.3) is 0 Å². The molecular formula is C20H24ClFN2O2. The van der Waals surface area contributed by atoms with E-state index < -0.39 is 0 Å². The number of nitrogens with zero attached hydrogens (tertiary/aromatic N) is 1. The van der Waals surface area contributed by atoms with Crippen LogP contribution in [-0.4, -0.2) is 44.3 Å². The molecule has 2 aromatic rings. The van der Waals surface area contributed by atoms with Gasteiger partial charge in [-0.15, -0.1) is 0 Å². The summed E-state index contributed by atoms with van der Waals surface area (Å²) in [5.41, 5.74) is 1.93. The van der Waals surface area contributed by atoms with Gasteiger partial charge in [0.1, 0.15) is 18.2 Å². The van der Waals surface area contributed by atoms with Gasteiger partial charge in [0.05, 0.1) is 18.2 Å². The van der Waals surface area contributed by atoms with Crippen LogP contribution >= 0.6 is 11.6 Å². The molecule has 3 rings (SSSR count). The number of rotatable bonds is 8. The van der Waals surface area contributed by atoms with Crippen LogP contribution in [0.3, 0.4) is 0 Å². The molecule has 1 heterocycles. The molecule has 1 aliphatic rings. The monoisotopic (exact) mass is 378 g/mol. The van der Waals surface area contributed by atoms with Gasteiger partial charge in [-0.25, -0.2) is 4.39 Å². The molecule has 26 heavy (non-hydrogen) atoms. The second kappa shape index (κ2) is 9.88. The summed E-state index contributed by atoms with van der Waals surface area (Å²) in [6.07, 6.45) is 0. The van der Waals surface area contributed by atoms with Crippen molar-refractivity contribution in [3.8, 4) is 5.75 Å². The smallest absolute Gasteiger partial charge is 0.124 e. The zero-order valence-electron chi connectivity index (χ0n) is 14.7. The minimum Gasteiger partial charge on any atom is -0.489 e. The van der Waals surface area contributed by atoms with Crippen molar-refractivity contribution in [3.05, 3.63) is 64.4 Å².